The maximum absolute atomic E-state index is 10.9. The van der Waals surface area contributed by atoms with Gasteiger partial charge in [0.1, 0.15) is 5.76 Å². The number of fused-ring (bicyclic) bond motifs is 1. The molecule has 0 saturated carbocycles. The molecule has 0 amide bonds. The normalized spacial score (nSPS) is 11.0. The molecule has 18 heavy (non-hydrogen) atoms. The quantitative estimate of drug-likeness (QED) is 0.699. The number of carbonyl (C=O) groups excluding carboxylic acids is 1. The molecule has 0 bridgehead atoms. The Labute approximate surface area is 104 Å². The number of furan rings is 1. The Morgan fingerprint density at radius 1 is 1.33 bits per heavy atom. The summed E-state index contributed by atoms with van der Waals surface area (Å²) >= 11 is 0. The van der Waals surface area contributed by atoms with Gasteiger partial charge in [-0.15, -0.1) is 0 Å². The number of hydrogen-bond donors (Lipinski definition) is 1. The highest BCUT2D eigenvalue weighted by Crippen LogP contribution is 2.32. The van der Waals surface area contributed by atoms with Gasteiger partial charge < -0.3 is 4.42 Å². The van der Waals surface area contributed by atoms with Crippen LogP contribution in [-0.2, 0) is 0 Å². The number of aldehydes is 1. The monoisotopic (exact) mass is 240 g/mol. The number of nitrogens with zero attached hydrogens (tertiary/aromatic N) is 1. The Hall–Kier alpha value is -2.36. The van der Waals surface area contributed by atoms with E-state index in [2.05, 4.69) is 10.2 Å². The first kappa shape index (κ1) is 10.8. The van der Waals surface area contributed by atoms with Crippen LogP contribution in [-0.4, -0.2) is 16.5 Å². The van der Waals surface area contributed by atoms with Gasteiger partial charge in [0.15, 0.2) is 12.0 Å². The number of hydrogen-bond acceptors (Lipinski definition) is 3. The van der Waals surface area contributed by atoms with Crippen LogP contribution < -0.4 is 0 Å². The molecule has 0 saturated heterocycles. The van der Waals surface area contributed by atoms with Crippen molar-refractivity contribution in [3.63, 3.8) is 0 Å². The van der Waals surface area contributed by atoms with Crippen LogP contribution in [0.5, 0.6) is 0 Å². The predicted octanol–water partition coefficient (Wildman–Crippen LogP) is 3.25. The first-order chi connectivity index (χ1) is 8.70. The molecule has 3 aromatic rings. The summed E-state index contributed by atoms with van der Waals surface area (Å²) in [6.07, 6.45) is 2.53. The van der Waals surface area contributed by atoms with Gasteiger partial charge in [0.05, 0.1) is 11.7 Å². The number of benzene rings is 1. The van der Waals surface area contributed by atoms with Crippen LogP contribution in [0, 0.1) is 13.8 Å². The molecule has 0 atom stereocenters. The Morgan fingerprint density at radius 2 is 2.17 bits per heavy atom. The highest BCUT2D eigenvalue weighted by Gasteiger charge is 2.15. The van der Waals surface area contributed by atoms with E-state index in [4.69, 9.17) is 4.42 Å². The third-order valence-corrected chi connectivity index (χ3v) is 3.20. The van der Waals surface area contributed by atoms with E-state index in [1.165, 1.54) is 0 Å². The Balaban J connectivity index is 2.24. The zero-order valence-electron chi connectivity index (χ0n) is 10.2. The van der Waals surface area contributed by atoms with Crippen LogP contribution in [0.2, 0.25) is 0 Å². The average molecular weight is 240 g/mol. The van der Waals surface area contributed by atoms with Crippen LogP contribution in [0.3, 0.4) is 0 Å². The molecule has 0 aliphatic heterocycles. The van der Waals surface area contributed by atoms with Crippen molar-refractivity contribution in [1.29, 1.82) is 0 Å². The predicted molar refractivity (Wildman–Crippen MR) is 68.7 cm³/mol. The van der Waals surface area contributed by atoms with Gasteiger partial charge >= 0.3 is 0 Å². The van der Waals surface area contributed by atoms with Gasteiger partial charge in [-0.2, -0.15) is 5.10 Å². The molecule has 1 aromatic carbocycles. The Kier molecular flexibility index (Phi) is 2.30. The molecule has 90 valence electrons. The van der Waals surface area contributed by atoms with E-state index in [-0.39, 0.29) is 0 Å². The SMILES string of the molecule is Cc1oc(C=O)c(C)c1-c1ccc2[nH]ncc2c1. The second-order valence-corrected chi connectivity index (χ2v) is 4.31. The molecule has 0 unspecified atom stereocenters. The Bertz CT molecular complexity index is 737. The summed E-state index contributed by atoms with van der Waals surface area (Å²) < 4.78 is 5.45. The molecule has 0 radical (unpaired) electrons. The lowest BCUT2D eigenvalue weighted by molar-refractivity contribution is 0.109. The number of aromatic nitrogens is 2. The van der Waals surface area contributed by atoms with Crippen molar-refractivity contribution in [3.8, 4) is 11.1 Å². The standard InChI is InChI=1S/C14H12N2O2/c1-8-13(7-17)18-9(2)14(8)10-3-4-12-11(5-10)6-15-16-12/h3-7H,1-2H3,(H,15,16). The van der Waals surface area contributed by atoms with Gasteiger partial charge in [-0.05, 0) is 31.5 Å². The third kappa shape index (κ3) is 1.46. The zero-order valence-corrected chi connectivity index (χ0v) is 10.2. The molecule has 0 aliphatic rings. The third-order valence-electron chi connectivity index (χ3n) is 3.20. The van der Waals surface area contributed by atoms with Crippen molar-refractivity contribution in [2.45, 2.75) is 13.8 Å². The molecule has 2 aromatic heterocycles. The van der Waals surface area contributed by atoms with Gasteiger partial charge in [-0.25, -0.2) is 0 Å². The van der Waals surface area contributed by atoms with E-state index < -0.39 is 0 Å². The van der Waals surface area contributed by atoms with E-state index in [0.29, 0.717) is 5.76 Å². The second-order valence-electron chi connectivity index (χ2n) is 4.31. The smallest absolute Gasteiger partial charge is 0.185 e. The summed E-state index contributed by atoms with van der Waals surface area (Å²) in [6, 6.07) is 6.02. The fourth-order valence-electron chi connectivity index (χ4n) is 2.31. The second kappa shape index (κ2) is 3.84. The molecule has 0 aliphatic carbocycles. The fraction of sp³-hybridized carbons (Fsp3) is 0.143. The topological polar surface area (TPSA) is 58.9 Å². The molecule has 3 rings (SSSR count). The number of H-pyrrole nitrogens is 1. The van der Waals surface area contributed by atoms with E-state index in [1.807, 2.05) is 32.0 Å². The van der Waals surface area contributed by atoms with E-state index in [1.54, 1.807) is 6.20 Å². The van der Waals surface area contributed by atoms with Crippen LogP contribution in [0.1, 0.15) is 21.9 Å². The molecular weight excluding hydrogens is 228 g/mol. The van der Waals surface area contributed by atoms with Gasteiger partial charge in [-0.1, -0.05) is 6.07 Å². The number of aromatic amines is 1. The lowest BCUT2D eigenvalue weighted by Gasteiger charge is -2.01. The maximum Gasteiger partial charge on any atom is 0.185 e. The van der Waals surface area contributed by atoms with Gasteiger partial charge in [-0.3, -0.25) is 9.89 Å². The van der Waals surface area contributed by atoms with Gasteiger partial charge in [0, 0.05) is 16.5 Å². The molecule has 0 fully saturated rings. The summed E-state index contributed by atoms with van der Waals surface area (Å²) in [4.78, 5) is 10.9. The minimum Gasteiger partial charge on any atom is -0.458 e. The van der Waals surface area contributed by atoms with Crippen molar-refractivity contribution < 1.29 is 9.21 Å². The van der Waals surface area contributed by atoms with E-state index >= 15 is 0 Å². The largest absolute Gasteiger partial charge is 0.458 e. The van der Waals surface area contributed by atoms with Crippen molar-refractivity contribution in [2.75, 3.05) is 0 Å². The van der Waals surface area contributed by atoms with Crippen molar-refractivity contribution in [2.24, 2.45) is 0 Å². The molecule has 0 spiro atoms. The molecule has 1 N–H and O–H groups in total. The first-order valence-electron chi connectivity index (χ1n) is 5.69. The molecule has 4 heteroatoms. The number of carbonyl (C=O) groups is 1. The first-order valence-corrected chi connectivity index (χ1v) is 5.69. The van der Waals surface area contributed by atoms with Crippen molar-refractivity contribution in [3.05, 3.63) is 41.5 Å². The minimum atomic E-state index is 0.398. The summed E-state index contributed by atoms with van der Waals surface area (Å²) in [5, 5.41) is 7.95. The molecule has 2 heterocycles. The lowest BCUT2D eigenvalue weighted by atomic mass is 10.0. The van der Waals surface area contributed by atoms with E-state index in [0.717, 1.165) is 39.6 Å². The van der Waals surface area contributed by atoms with Gasteiger partial charge in [0.2, 0.25) is 0 Å². The van der Waals surface area contributed by atoms with Crippen molar-refractivity contribution >= 4 is 17.2 Å². The minimum absolute atomic E-state index is 0.398. The summed E-state index contributed by atoms with van der Waals surface area (Å²) in [6.45, 7) is 3.77. The zero-order chi connectivity index (χ0) is 12.7. The highest BCUT2D eigenvalue weighted by molar-refractivity contribution is 5.87. The highest BCUT2D eigenvalue weighted by atomic mass is 16.3. The maximum atomic E-state index is 10.9. The van der Waals surface area contributed by atoms with Crippen LogP contribution >= 0.6 is 0 Å². The number of rotatable bonds is 2. The van der Waals surface area contributed by atoms with E-state index in [9.17, 15) is 4.79 Å². The lowest BCUT2D eigenvalue weighted by Crippen LogP contribution is -1.83. The fourth-order valence-corrected chi connectivity index (χ4v) is 2.31. The Morgan fingerprint density at radius 3 is 2.89 bits per heavy atom. The molecular formula is C14H12N2O2. The van der Waals surface area contributed by atoms with Crippen LogP contribution in [0.4, 0.5) is 0 Å². The van der Waals surface area contributed by atoms with Crippen LogP contribution in [0.25, 0.3) is 22.0 Å². The number of nitrogens with one attached hydrogen (secondary N) is 1. The van der Waals surface area contributed by atoms with Crippen molar-refractivity contribution in [1.82, 2.24) is 10.2 Å². The molecule has 4 nitrogen and oxygen atoms in total. The van der Waals surface area contributed by atoms with Crippen LogP contribution in [0.15, 0.2) is 28.8 Å². The average Bonchev–Trinajstić information content (AvgIpc) is 2.93. The van der Waals surface area contributed by atoms with Gasteiger partial charge in [0.25, 0.3) is 0 Å². The summed E-state index contributed by atoms with van der Waals surface area (Å²) in [5.74, 6) is 1.16. The summed E-state index contributed by atoms with van der Waals surface area (Å²) in [5.41, 5.74) is 3.90. The number of aryl methyl sites for hydroxylation is 1. The summed E-state index contributed by atoms with van der Waals surface area (Å²) in [7, 11) is 0.